The summed E-state index contributed by atoms with van der Waals surface area (Å²) >= 11 is 2.21. The van der Waals surface area contributed by atoms with Gasteiger partial charge < -0.3 is 9.47 Å². The first-order valence-corrected chi connectivity index (χ1v) is 6.73. The maximum absolute atomic E-state index is 12.3. The van der Waals surface area contributed by atoms with Crippen LogP contribution in [0.2, 0.25) is 0 Å². The molecule has 2 heterocycles. The number of aromatic nitrogens is 3. The first-order valence-electron chi connectivity index (χ1n) is 5.65. The van der Waals surface area contributed by atoms with E-state index in [1.54, 1.807) is 6.33 Å². The molecular formula is C12H11IN4O. The average molecular weight is 354 g/mol. The van der Waals surface area contributed by atoms with Crippen LogP contribution < -0.4 is 0 Å². The summed E-state index contributed by atoms with van der Waals surface area (Å²) in [6.07, 6.45) is 1.71. The third-order valence-electron chi connectivity index (χ3n) is 3.00. The van der Waals surface area contributed by atoms with Crippen LogP contribution in [-0.2, 0) is 13.1 Å². The molecule has 0 N–H and O–H groups in total. The number of carbonyl (C=O) groups is 1. The Morgan fingerprint density at radius 2 is 2.22 bits per heavy atom. The predicted molar refractivity (Wildman–Crippen MR) is 73.9 cm³/mol. The van der Waals surface area contributed by atoms with Crippen molar-refractivity contribution in [1.82, 2.24) is 19.7 Å². The first kappa shape index (κ1) is 11.6. The number of nitrogens with zero attached hydrogens (tertiary/aromatic N) is 4. The van der Waals surface area contributed by atoms with Crippen molar-refractivity contribution in [3.63, 3.8) is 0 Å². The van der Waals surface area contributed by atoms with Gasteiger partial charge in [0.2, 0.25) is 0 Å². The van der Waals surface area contributed by atoms with Crippen LogP contribution in [0.15, 0.2) is 30.6 Å². The molecule has 0 bridgehead atoms. The van der Waals surface area contributed by atoms with Crippen molar-refractivity contribution < 1.29 is 4.79 Å². The lowest BCUT2D eigenvalue weighted by Crippen LogP contribution is -2.38. The minimum Gasteiger partial charge on any atom is -0.329 e. The topological polar surface area (TPSA) is 51.0 Å². The highest BCUT2D eigenvalue weighted by Crippen LogP contribution is 2.15. The standard InChI is InChI=1S/C12H11IN4O/c13-10-3-1-2-9(6-10)12(18)16-4-5-17-8-14-15-11(17)7-16/h1-3,6,8H,4-5,7H2. The molecule has 92 valence electrons. The van der Waals surface area contributed by atoms with E-state index in [4.69, 9.17) is 0 Å². The van der Waals surface area contributed by atoms with Crippen molar-refractivity contribution in [2.24, 2.45) is 0 Å². The molecule has 6 heteroatoms. The maximum Gasteiger partial charge on any atom is 0.254 e. The van der Waals surface area contributed by atoms with Crippen LogP contribution in [0.25, 0.3) is 0 Å². The third-order valence-corrected chi connectivity index (χ3v) is 3.67. The predicted octanol–water partition coefficient (Wildman–Crippen LogP) is 1.54. The van der Waals surface area contributed by atoms with E-state index in [1.807, 2.05) is 33.7 Å². The van der Waals surface area contributed by atoms with Gasteiger partial charge in [0.05, 0.1) is 6.54 Å². The lowest BCUT2D eigenvalue weighted by molar-refractivity contribution is 0.0707. The van der Waals surface area contributed by atoms with Gasteiger partial charge in [-0.05, 0) is 40.8 Å². The molecule has 0 fully saturated rings. The highest BCUT2D eigenvalue weighted by atomic mass is 127. The molecule has 1 aliphatic rings. The molecule has 1 aromatic carbocycles. The van der Waals surface area contributed by atoms with Gasteiger partial charge in [-0.15, -0.1) is 10.2 Å². The number of hydrogen-bond donors (Lipinski definition) is 0. The lowest BCUT2D eigenvalue weighted by Gasteiger charge is -2.27. The SMILES string of the molecule is O=C(c1cccc(I)c1)N1CCn2cnnc2C1. The van der Waals surface area contributed by atoms with Crippen molar-refractivity contribution in [2.75, 3.05) is 6.54 Å². The Labute approximate surface area is 118 Å². The van der Waals surface area contributed by atoms with Crippen LogP contribution in [0.4, 0.5) is 0 Å². The van der Waals surface area contributed by atoms with E-state index in [0.717, 1.165) is 21.5 Å². The van der Waals surface area contributed by atoms with E-state index in [1.165, 1.54) is 0 Å². The van der Waals surface area contributed by atoms with Crippen LogP contribution in [0.3, 0.4) is 0 Å². The summed E-state index contributed by atoms with van der Waals surface area (Å²) in [5, 5.41) is 7.88. The molecule has 0 saturated carbocycles. The number of fused-ring (bicyclic) bond motifs is 1. The normalized spacial score (nSPS) is 14.4. The second kappa shape index (κ2) is 4.68. The monoisotopic (exact) mass is 354 g/mol. The zero-order valence-electron chi connectivity index (χ0n) is 9.58. The Morgan fingerprint density at radius 3 is 3.06 bits per heavy atom. The van der Waals surface area contributed by atoms with Crippen LogP contribution in [0.1, 0.15) is 16.2 Å². The zero-order chi connectivity index (χ0) is 12.5. The highest BCUT2D eigenvalue weighted by Gasteiger charge is 2.22. The van der Waals surface area contributed by atoms with E-state index in [9.17, 15) is 4.79 Å². The molecule has 0 spiro atoms. The van der Waals surface area contributed by atoms with Crippen LogP contribution in [0, 0.1) is 3.57 Å². The quantitative estimate of drug-likeness (QED) is 0.730. The Hall–Kier alpha value is -1.44. The van der Waals surface area contributed by atoms with Gasteiger partial charge in [0.1, 0.15) is 6.33 Å². The van der Waals surface area contributed by atoms with Gasteiger partial charge in [-0.3, -0.25) is 4.79 Å². The molecule has 1 amide bonds. The molecule has 1 aromatic heterocycles. The Morgan fingerprint density at radius 1 is 1.33 bits per heavy atom. The first-order chi connectivity index (χ1) is 8.74. The second-order valence-corrected chi connectivity index (χ2v) is 5.42. The summed E-state index contributed by atoms with van der Waals surface area (Å²) in [7, 11) is 0. The fraction of sp³-hybridized carbons (Fsp3) is 0.250. The molecule has 0 unspecified atom stereocenters. The molecular weight excluding hydrogens is 343 g/mol. The molecule has 0 radical (unpaired) electrons. The molecule has 0 atom stereocenters. The van der Waals surface area contributed by atoms with Crippen molar-refractivity contribution in [2.45, 2.75) is 13.1 Å². The zero-order valence-corrected chi connectivity index (χ0v) is 11.7. The number of benzene rings is 1. The summed E-state index contributed by atoms with van der Waals surface area (Å²) in [6.45, 7) is 2.00. The summed E-state index contributed by atoms with van der Waals surface area (Å²) in [6, 6.07) is 7.64. The number of carbonyl (C=O) groups excluding carboxylic acids is 1. The molecule has 18 heavy (non-hydrogen) atoms. The average Bonchev–Trinajstić information content (AvgIpc) is 2.85. The van der Waals surface area contributed by atoms with E-state index in [-0.39, 0.29) is 5.91 Å². The number of rotatable bonds is 1. The van der Waals surface area contributed by atoms with E-state index in [2.05, 4.69) is 32.8 Å². The fourth-order valence-corrected chi connectivity index (χ4v) is 2.59. The van der Waals surface area contributed by atoms with Crippen molar-refractivity contribution in [3.8, 4) is 0 Å². The number of halogens is 1. The molecule has 2 aromatic rings. The van der Waals surface area contributed by atoms with Gasteiger partial charge in [0, 0.05) is 22.2 Å². The van der Waals surface area contributed by atoms with E-state index in [0.29, 0.717) is 13.1 Å². The van der Waals surface area contributed by atoms with Crippen LogP contribution >= 0.6 is 22.6 Å². The van der Waals surface area contributed by atoms with Gasteiger partial charge in [0.25, 0.3) is 5.91 Å². The lowest BCUT2D eigenvalue weighted by atomic mass is 10.2. The molecule has 5 nitrogen and oxygen atoms in total. The summed E-state index contributed by atoms with van der Waals surface area (Å²) in [5.41, 5.74) is 0.731. The minimum absolute atomic E-state index is 0.0581. The minimum atomic E-state index is 0.0581. The number of amides is 1. The molecule has 0 aliphatic carbocycles. The fourth-order valence-electron chi connectivity index (χ4n) is 2.04. The molecule has 1 aliphatic heterocycles. The van der Waals surface area contributed by atoms with Gasteiger partial charge in [-0.1, -0.05) is 6.07 Å². The maximum atomic E-state index is 12.3. The second-order valence-electron chi connectivity index (χ2n) is 4.18. The van der Waals surface area contributed by atoms with E-state index >= 15 is 0 Å². The van der Waals surface area contributed by atoms with Crippen molar-refractivity contribution in [3.05, 3.63) is 45.6 Å². The Balaban J connectivity index is 1.83. The summed E-state index contributed by atoms with van der Waals surface area (Å²) < 4.78 is 3.05. The Bertz CT molecular complexity index is 595. The Kier molecular flexibility index (Phi) is 3.02. The van der Waals surface area contributed by atoms with E-state index < -0.39 is 0 Å². The third kappa shape index (κ3) is 2.12. The van der Waals surface area contributed by atoms with Gasteiger partial charge in [-0.25, -0.2) is 0 Å². The van der Waals surface area contributed by atoms with Crippen LogP contribution in [0.5, 0.6) is 0 Å². The van der Waals surface area contributed by atoms with Crippen molar-refractivity contribution >= 4 is 28.5 Å². The van der Waals surface area contributed by atoms with Gasteiger partial charge >= 0.3 is 0 Å². The molecule has 3 rings (SSSR count). The highest BCUT2D eigenvalue weighted by molar-refractivity contribution is 14.1. The number of hydrogen-bond acceptors (Lipinski definition) is 3. The summed E-state index contributed by atoms with van der Waals surface area (Å²) in [5.74, 6) is 0.906. The van der Waals surface area contributed by atoms with Gasteiger partial charge in [0.15, 0.2) is 5.82 Å². The summed E-state index contributed by atoms with van der Waals surface area (Å²) in [4.78, 5) is 14.2. The molecule has 0 saturated heterocycles. The van der Waals surface area contributed by atoms with Gasteiger partial charge in [-0.2, -0.15) is 0 Å². The van der Waals surface area contributed by atoms with Crippen LogP contribution in [-0.4, -0.2) is 32.1 Å². The van der Waals surface area contributed by atoms with Crippen molar-refractivity contribution in [1.29, 1.82) is 0 Å². The largest absolute Gasteiger partial charge is 0.329 e. The smallest absolute Gasteiger partial charge is 0.254 e.